The molecule has 84 valence electrons. The Labute approximate surface area is 97.1 Å². The van der Waals surface area contributed by atoms with Crippen molar-refractivity contribution in [3.63, 3.8) is 0 Å². The van der Waals surface area contributed by atoms with Gasteiger partial charge in [0.25, 0.3) is 0 Å². The highest BCUT2D eigenvalue weighted by Gasteiger charge is 2.13. The molecule has 3 heteroatoms. The molecule has 0 saturated carbocycles. The van der Waals surface area contributed by atoms with Gasteiger partial charge in [0.15, 0.2) is 5.15 Å². The van der Waals surface area contributed by atoms with Crippen molar-refractivity contribution in [3.05, 3.63) is 22.7 Å². The van der Waals surface area contributed by atoms with Crippen molar-refractivity contribution in [1.29, 1.82) is 0 Å². The fourth-order valence-corrected chi connectivity index (χ4v) is 1.69. The van der Waals surface area contributed by atoms with E-state index >= 15 is 0 Å². The third-order valence-corrected chi connectivity index (χ3v) is 3.25. The first kappa shape index (κ1) is 12.4. The maximum absolute atomic E-state index is 6.13. The number of nitrogens with zero attached hydrogens (tertiary/aromatic N) is 2. The molecule has 0 aliphatic rings. The van der Waals surface area contributed by atoms with Gasteiger partial charge in [-0.25, -0.2) is 4.98 Å². The van der Waals surface area contributed by atoms with Gasteiger partial charge in [0.1, 0.15) is 0 Å². The molecule has 0 aliphatic heterocycles. The summed E-state index contributed by atoms with van der Waals surface area (Å²) in [6.07, 6.45) is 3.96. The zero-order valence-corrected chi connectivity index (χ0v) is 10.7. The van der Waals surface area contributed by atoms with Crippen molar-refractivity contribution in [3.8, 4) is 0 Å². The summed E-state index contributed by atoms with van der Waals surface area (Å²) >= 11 is 6.13. The molecule has 1 heterocycles. The van der Waals surface area contributed by atoms with Crippen molar-refractivity contribution < 1.29 is 0 Å². The SMILES string of the molecule is CC[C@H](C)c1cnc([C@@H](C)CC)c(Cl)n1. The molecule has 0 aliphatic carbocycles. The first-order valence-electron chi connectivity index (χ1n) is 5.62. The summed E-state index contributed by atoms with van der Waals surface area (Å²) in [7, 11) is 0. The Bertz CT molecular complexity index is 325. The second-order valence-electron chi connectivity index (χ2n) is 4.09. The summed E-state index contributed by atoms with van der Waals surface area (Å²) in [6, 6.07) is 0. The van der Waals surface area contributed by atoms with Gasteiger partial charge < -0.3 is 0 Å². The minimum atomic E-state index is 0.385. The van der Waals surface area contributed by atoms with Crippen LogP contribution in [0.4, 0.5) is 0 Å². The fraction of sp³-hybridized carbons (Fsp3) is 0.667. The number of rotatable bonds is 4. The molecule has 2 nitrogen and oxygen atoms in total. The predicted molar refractivity (Wildman–Crippen MR) is 64.5 cm³/mol. The highest BCUT2D eigenvalue weighted by molar-refractivity contribution is 6.30. The molecule has 0 bridgehead atoms. The van der Waals surface area contributed by atoms with Crippen LogP contribution in [-0.2, 0) is 0 Å². The van der Waals surface area contributed by atoms with Crippen molar-refractivity contribution in [2.75, 3.05) is 0 Å². The fourth-order valence-electron chi connectivity index (χ4n) is 1.36. The van der Waals surface area contributed by atoms with Crippen LogP contribution in [0, 0.1) is 0 Å². The Hall–Kier alpha value is -0.630. The Morgan fingerprint density at radius 2 is 1.80 bits per heavy atom. The topological polar surface area (TPSA) is 25.8 Å². The van der Waals surface area contributed by atoms with Crippen molar-refractivity contribution in [2.24, 2.45) is 0 Å². The lowest BCUT2D eigenvalue weighted by Gasteiger charge is -2.12. The lowest BCUT2D eigenvalue weighted by atomic mass is 10.0. The van der Waals surface area contributed by atoms with Gasteiger partial charge in [-0.3, -0.25) is 4.98 Å². The second kappa shape index (κ2) is 5.45. The molecule has 2 atom stereocenters. The Kier molecular flexibility index (Phi) is 4.52. The maximum Gasteiger partial charge on any atom is 0.151 e. The molecular weight excluding hydrogens is 208 g/mol. The molecular formula is C12H19ClN2. The quantitative estimate of drug-likeness (QED) is 0.771. The van der Waals surface area contributed by atoms with Crippen molar-refractivity contribution in [1.82, 2.24) is 9.97 Å². The predicted octanol–water partition coefficient (Wildman–Crippen LogP) is 4.16. The van der Waals surface area contributed by atoms with Crippen molar-refractivity contribution >= 4 is 11.6 Å². The lowest BCUT2D eigenvalue weighted by Crippen LogP contribution is -2.03. The van der Waals surface area contributed by atoms with Gasteiger partial charge in [0.05, 0.1) is 11.4 Å². The molecule has 1 rings (SSSR count). The van der Waals surface area contributed by atoms with E-state index in [-0.39, 0.29) is 0 Å². The first-order chi connectivity index (χ1) is 7.10. The molecule has 1 aromatic heterocycles. The standard InChI is InChI=1S/C12H19ClN2/c1-5-8(3)10-7-14-11(9(4)6-2)12(13)15-10/h7-9H,5-6H2,1-4H3/t8-,9-/m0/s1. The average Bonchev–Trinajstić information content (AvgIpc) is 2.26. The van der Waals surface area contributed by atoms with Crippen LogP contribution in [0.3, 0.4) is 0 Å². The molecule has 0 amide bonds. The van der Waals surface area contributed by atoms with E-state index in [9.17, 15) is 0 Å². The van der Waals surface area contributed by atoms with E-state index in [0.717, 1.165) is 24.2 Å². The number of aromatic nitrogens is 2. The van der Waals surface area contributed by atoms with Crippen molar-refractivity contribution in [2.45, 2.75) is 52.4 Å². The third kappa shape index (κ3) is 2.91. The van der Waals surface area contributed by atoms with Gasteiger partial charge >= 0.3 is 0 Å². The van der Waals surface area contributed by atoms with E-state index in [1.807, 2.05) is 6.20 Å². The highest BCUT2D eigenvalue weighted by atomic mass is 35.5. The first-order valence-corrected chi connectivity index (χ1v) is 6.00. The average molecular weight is 227 g/mol. The number of halogens is 1. The molecule has 0 saturated heterocycles. The molecule has 0 radical (unpaired) electrons. The van der Waals surface area contributed by atoms with E-state index in [4.69, 9.17) is 11.6 Å². The van der Waals surface area contributed by atoms with Crippen LogP contribution in [-0.4, -0.2) is 9.97 Å². The van der Waals surface area contributed by atoms with E-state index in [1.54, 1.807) is 0 Å². The van der Waals surface area contributed by atoms with Gasteiger partial charge in [-0.1, -0.05) is 39.3 Å². The van der Waals surface area contributed by atoms with Crippen LogP contribution >= 0.6 is 11.6 Å². The Morgan fingerprint density at radius 3 is 2.27 bits per heavy atom. The molecule has 15 heavy (non-hydrogen) atoms. The van der Waals surface area contributed by atoms with Crippen LogP contribution in [0.2, 0.25) is 5.15 Å². The van der Waals surface area contributed by atoms with Gasteiger partial charge in [-0.15, -0.1) is 0 Å². The number of hydrogen-bond donors (Lipinski definition) is 0. The molecule has 0 N–H and O–H groups in total. The molecule has 0 spiro atoms. The second-order valence-corrected chi connectivity index (χ2v) is 4.45. The summed E-state index contributed by atoms with van der Waals surface area (Å²) in [6.45, 7) is 8.54. The molecule has 1 aromatic rings. The minimum Gasteiger partial charge on any atom is -0.256 e. The molecule has 0 aromatic carbocycles. The van der Waals surface area contributed by atoms with Crippen LogP contribution in [0.25, 0.3) is 0 Å². The summed E-state index contributed by atoms with van der Waals surface area (Å²) in [4.78, 5) is 8.84. The van der Waals surface area contributed by atoms with Crippen LogP contribution in [0.5, 0.6) is 0 Å². The summed E-state index contributed by atoms with van der Waals surface area (Å²) in [5.74, 6) is 0.817. The van der Waals surface area contributed by atoms with Crippen LogP contribution in [0.15, 0.2) is 6.20 Å². The van der Waals surface area contributed by atoms with E-state index in [1.165, 1.54) is 0 Å². The lowest BCUT2D eigenvalue weighted by molar-refractivity contribution is 0.673. The normalized spacial score (nSPS) is 15.0. The smallest absolute Gasteiger partial charge is 0.151 e. The largest absolute Gasteiger partial charge is 0.256 e. The summed E-state index contributed by atoms with van der Waals surface area (Å²) in [5.41, 5.74) is 1.92. The summed E-state index contributed by atoms with van der Waals surface area (Å²) < 4.78 is 0. The summed E-state index contributed by atoms with van der Waals surface area (Å²) in [5, 5.41) is 0.571. The zero-order valence-electron chi connectivity index (χ0n) is 9.92. The third-order valence-electron chi connectivity index (χ3n) is 2.97. The number of hydrogen-bond acceptors (Lipinski definition) is 2. The van der Waals surface area contributed by atoms with E-state index < -0.39 is 0 Å². The van der Waals surface area contributed by atoms with Crippen LogP contribution in [0.1, 0.15) is 63.8 Å². The van der Waals surface area contributed by atoms with Gasteiger partial charge in [-0.2, -0.15) is 0 Å². The molecule has 0 fully saturated rings. The zero-order chi connectivity index (χ0) is 11.4. The van der Waals surface area contributed by atoms with Gasteiger partial charge in [-0.05, 0) is 18.8 Å². The minimum absolute atomic E-state index is 0.385. The van der Waals surface area contributed by atoms with Gasteiger partial charge in [0, 0.05) is 12.1 Å². The monoisotopic (exact) mass is 226 g/mol. The van der Waals surface area contributed by atoms with Crippen LogP contribution < -0.4 is 0 Å². The highest BCUT2D eigenvalue weighted by Crippen LogP contribution is 2.25. The van der Waals surface area contributed by atoms with E-state index in [2.05, 4.69) is 37.7 Å². The molecule has 0 unspecified atom stereocenters. The Morgan fingerprint density at radius 1 is 1.20 bits per heavy atom. The van der Waals surface area contributed by atoms with E-state index in [0.29, 0.717) is 17.0 Å². The van der Waals surface area contributed by atoms with Gasteiger partial charge in [0.2, 0.25) is 0 Å². The Balaban J connectivity index is 2.97. The maximum atomic E-state index is 6.13.